The van der Waals surface area contributed by atoms with Crippen LogP contribution in [-0.4, -0.2) is 22.4 Å². The molecular weight excluding hydrogens is 224 g/mol. The Morgan fingerprint density at radius 2 is 2.19 bits per heavy atom. The molecule has 0 aliphatic heterocycles. The first kappa shape index (κ1) is 12.4. The van der Waals surface area contributed by atoms with Crippen molar-refractivity contribution in [3.05, 3.63) is 23.4 Å². The number of thiocarbonyl (C=S) groups is 1. The van der Waals surface area contributed by atoms with Gasteiger partial charge >= 0.3 is 0 Å². The van der Waals surface area contributed by atoms with E-state index in [4.69, 9.17) is 23.7 Å². The van der Waals surface area contributed by atoms with E-state index in [1.807, 2.05) is 13.0 Å². The average molecular weight is 238 g/mol. The SMILES string of the molecule is Cc1cc(C(N)=S)cc(NCCC(N)=O)n1. The van der Waals surface area contributed by atoms with Crippen LogP contribution in [-0.2, 0) is 4.79 Å². The predicted molar refractivity (Wildman–Crippen MR) is 67.2 cm³/mol. The standard InChI is InChI=1S/C10H14N4OS/c1-6-4-7(10(12)16)5-9(14-6)13-3-2-8(11)15/h4-5H,2-3H2,1H3,(H2,11,15)(H2,12,16)(H,13,14). The number of aryl methyl sites for hydroxylation is 1. The molecule has 1 aromatic heterocycles. The first-order valence-corrected chi connectivity index (χ1v) is 5.20. The van der Waals surface area contributed by atoms with E-state index in [1.165, 1.54) is 0 Å². The minimum absolute atomic E-state index is 0.262. The van der Waals surface area contributed by atoms with E-state index in [0.717, 1.165) is 11.3 Å². The molecule has 0 atom stereocenters. The van der Waals surface area contributed by atoms with Gasteiger partial charge < -0.3 is 16.8 Å². The summed E-state index contributed by atoms with van der Waals surface area (Å²) in [6.07, 6.45) is 0.262. The fourth-order valence-corrected chi connectivity index (χ4v) is 1.33. The third-order valence-corrected chi connectivity index (χ3v) is 2.15. The smallest absolute Gasteiger partial charge is 0.219 e. The third kappa shape index (κ3) is 3.82. The summed E-state index contributed by atoms with van der Waals surface area (Å²) in [7, 11) is 0. The Hall–Kier alpha value is -1.69. The van der Waals surface area contributed by atoms with Crippen molar-refractivity contribution in [2.45, 2.75) is 13.3 Å². The van der Waals surface area contributed by atoms with Gasteiger partial charge in [-0.1, -0.05) is 12.2 Å². The van der Waals surface area contributed by atoms with Crippen LogP contribution in [0.4, 0.5) is 5.82 Å². The van der Waals surface area contributed by atoms with Crippen LogP contribution in [0.15, 0.2) is 12.1 Å². The lowest BCUT2D eigenvalue weighted by molar-refractivity contribution is -0.117. The zero-order chi connectivity index (χ0) is 12.1. The highest BCUT2D eigenvalue weighted by Crippen LogP contribution is 2.10. The molecule has 1 rings (SSSR count). The highest BCUT2D eigenvalue weighted by Gasteiger charge is 2.02. The zero-order valence-electron chi connectivity index (χ0n) is 8.99. The van der Waals surface area contributed by atoms with Crippen LogP contribution in [0.3, 0.4) is 0 Å². The molecule has 0 bridgehead atoms. The van der Waals surface area contributed by atoms with Gasteiger partial charge in [0, 0.05) is 24.2 Å². The summed E-state index contributed by atoms with van der Waals surface area (Å²) < 4.78 is 0. The van der Waals surface area contributed by atoms with Crippen LogP contribution in [0, 0.1) is 6.92 Å². The number of hydrogen-bond acceptors (Lipinski definition) is 4. The lowest BCUT2D eigenvalue weighted by atomic mass is 10.2. The molecule has 16 heavy (non-hydrogen) atoms. The number of aromatic nitrogens is 1. The number of amides is 1. The molecule has 0 saturated heterocycles. The molecule has 0 saturated carbocycles. The van der Waals surface area contributed by atoms with Gasteiger partial charge in [0.25, 0.3) is 0 Å². The number of anilines is 1. The summed E-state index contributed by atoms with van der Waals surface area (Å²) in [5, 5.41) is 2.98. The molecule has 1 aromatic rings. The van der Waals surface area contributed by atoms with E-state index >= 15 is 0 Å². The van der Waals surface area contributed by atoms with Gasteiger partial charge in [-0.25, -0.2) is 4.98 Å². The van der Waals surface area contributed by atoms with Crippen LogP contribution in [0.5, 0.6) is 0 Å². The summed E-state index contributed by atoms with van der Waals surface area (Å²) in [6.45, 7) is 2.30. The molecule has 5 nitrogen and oxygen atoms in total. The highest BCUT2D eigenvalue weighted by molar-refractivity contribution is 7.80. The first-order chi connectivity index (χ1) is 7.49. The van der Waals surface area contributed by atoms with E-state index in [2.05, 4.69) is 10.3 Å². The van der Waals surface area contributed by atoms with Gasteiger partial charge in [0.2, 0.25) is 5.91 Å². The Morgan fingerprint density at radius 1 is 1.50 bits per heavy atom. The number of carbonyl (C=O) groups is 1. The second kappa shape index (κ2) is 5.41. The second-order valence-corrected chi connectivity index (χ2v) is 3.83. The Morgan fingerprint density at radius 3 is 2.75 bits per heavy atom. The largest absolute Gasteiger partial charge is 0.389 e. The molecular formula is C10H14N4OS. The van der Waals surface area contributed by atoms with E-state index in [1.54, 1.807) is 6.07 Å². The first-order valence-electron chi connectivity index (χ1n) is 4.79. The predicted octanol–water partition coefficient (Wildman–Crippen LogP) is 0.312. The maximum Gasteiger partial charge on any atom is 0.219 e. The lowest BCUT2D eigenvalue weighted by Gasteiger charge is -2.07. The van der Waals surface area contributed by atoms with Gasteiger partial charge in [0.15, 0.2) is 0 Å². The molecule has 0 aliphatic carbocycles. The zero-order valence-corrected chi connectivity index (χ0v) is 9.80. The number of primary amides is 1. The maximum absolute atomic E-state index is 10.6. The minimum atomic E-state index is -0.352. The summed E-state index contributed by atoms with van der Waals surface area (Å²) in [5.41, 5.74) is 12.1. The van der Waals surface area contributed by atoms with Crippen molar-refractivity contribution in [2.75, 3.05) is 11.9 Å². The summed E-state index contributed by atoms with van der Waals surface area (Å²) in [4.78, 5) is 15.1. The van der Waals surface area contributed by atoms with Crippen molar-refractivity contribution in [1.29, 1.82) is 0 Å². The molecule has 0 aliphatic rings. The van der Waals surface area contributed by atoms with Crippen molar-refractivity contribution >= 4 is 28.9 Å². The normalized spacial score (nSPS) is 9.81. The van der Waals surface area contributed by atoms with Gasteiger partial charge in [0.05, 0.1) is 0 Å². The third-order valence-electron chi connectivity index (χ3n) is 1.92. The van der Waals surface area contributed by atoms with Gasteiger partial charge in [-0.2, -0.15) is 0 Å². The Kier molecular flexibility index (Phi) is 4.19. The molecule has 0 unspecified atom stereocenters. The van der Waals surface area contributed by atoms with E-state index < -0.39 is 0 Å². The quantitative estimate of drug-likeness (QED) is 0.642. The molecule has 5 N–H and O–H groups in total. The number of rotatable bonds is 5. The van der Waals surface area contributed by atoms with Crippen LogP contribution in [0.25, 0.3) is 0 Å². The molecule has 0 radical (unpaired) electrons. The van der Waals surface area contributed by atoms with Crippen LogP contribution < -0.4 is 16.8 Å². The van der Waals surface area contributed by atoms with Crippen molar-refractivity contribution in [3.63, 3.8) is 0 Å². The van der Waals surface area contributed by atoms with Crippen molar-refractivity contribution in [2.24, 2.45) is 11.5 Å². The number of nitrogens with two attached hydrogens (primary N) is 2. The van der Waals surface area contributed by atoms with Crippen LogP contribution in [0.1, 0.15) is 17.7 Å². The summed E-state index contributed by atoms with van der Waals surface area (Å²) >= 11 is 4.88. The maximum atomic E-state index is 10.6. The monoisotopic (exact) mass is 238 g/mol. The Bertz CT molecular complexity index is 419. The molecule has 86 valence electrons. The van der Waals surface area contributed by atoms with Crippen molar-refractivity contribution in [3.8, 4) is 0 Å². The number of nitrogens with one attached hydrogen (secondary N) is 1. The van der Waals surface area contributed by atoms with Crippen LogP contribution >= 0.6 is 12.2 Å². The Balaban J connectivity index is 2.72. The number of carbonyl (C=O) groups excluding carboxylic acids is 1. The average Bonchev–Trinajstić information content (AvgIpc) is 2.16. The van der Waals surface area contributed by atoms with E-state index in [9.17, 15) is 4.79 Å². The van der Waals surface area contributed by atoms with Crippen molar-refractivity contribution in [1.82, 2.24) is 4.98 Å². The topological polar surface area (TPSA) is 94.0 Å². The number of nitrogens with zero attached hydrogens (tertiary/aromatic N) is 1. The number of hydrogen-bond donors (Lipinski definition) is 3. The molecule has 1 amide bonds. The van der Waals surface area contributed by atoms with E-state index in [0.29, 0.717) is 17.4 Å². The van der Waals surface area contributed by atoms with Crippen molar-refractivity contribution < 1.29 is 4.79 Å². The minimum Gasteiger partial charge on any atom is -0.389 e. The number of pyridine rings is 1. The van der Waals surface area contributed by atoms with Gasteiger partial charge in [0.1, 0.15) is 10.8 Å². The fourth-order valence-electron chi connectivity index (χ4n) is 1.22. The highest BCUT2D eigenvalue weighted by atomic mass is 32.1. The lowest BCUT2D eigenvalue weighted by Crippen LogP contribution is -2.17. The molecule has 6 heteroatoms. The van der Waals surface area contributed by atoms with E-state index in [-0.39, 0.29) is 12.3 Å². The molecule has 0 fully saturated rings. The fraction of sp³-hybridized carbons (Fsp3) is 0.300. The molecule has 1 heterocycles. The van der Waals surface area contributed by atoms with Gasteiger partial charge in [-0.05, 0) is 19.1 Å². The van der Waals surface area contributed by atoms with Crippen LogP contribution in [0.2, 0.25) is 0 Å². The second-order valence-electron chi connectivity index (χ2n) is 3.39. The molecule has 0 spiro atoms. The molecule has 0 aromatic carbocycles. The Labute approximate surface area is 99.2 Å². The van der Waals surface area contributed by atoms with Gasteiger partial charge in [-0.3, -0.25) is 4.79 Å². The van der Waals surface area contributed by atoms with Gasteiger partial charge in [-0.15, -0.1) is 0 Å². The summed E-state index contributed by atoms with van der Waals surface area (Å²) in [6, 6.07) is 3.55. The summed E-state index contributed by atoms with van der Waals surface area (Å²) in [5.74, 6) is 0.291.